The van der Waals surface area contributed by atoms with E-state index in [4.69, 9.17) is 13.9 Å². The summed E-state index contributed by atoms with van der Waals surface area (Å²) >= 11 is 0. The summed E-state index contributed by atoms with van der Waals surface area (Å²) in [5, 5.41) is 2.29. The van der Waals surface area contributed by atoms with Gasteiger partial charge in [-0.3, -0.25) is 0 Å². The van der Waals surface area contributed by atoms with Crippen molar-refractivity contribution in [1.29, 1.82) is 0 Å². The first kappa shape index (κ1) is 12.6. The Morgan fingerprint density at radius 3 is 2.30 bits per heavy atom. The summed E-state index contributed by atoms with van der Waals surface area (Å²) in [7, 11) is 3.29. The van der Waals surface area contributed by atoms with Crippen LogP contribution in [0.4, 0.5) is 0 Å². The Balaban J connectivity index is 2.08. The summed E-state index contributed by atoms with van der Waals surface area (Å²) in [6.07, 6.45) is 0. The first-order valence-electron chi connectivity index (χ1n) is 6.44. The summed E-state index contributed by atoms with van der Waals surface area (Å²) in [4.78, 5) is 0. The molecule has 0 saturated heterocycles. The quantitative estimate of drug-likeness (QED) is 0.704. The van der Waals surface area contributed by atoms with E-state index >= 15 is 0 Å². The van der Waals surface area contributed by atoms with E-state index < -0.39 is 0 Å². The molecule has 3 aromatic rings. The zero-order valence-corrected chi connectivity index (χ0v) is 11.8. The Morgan fingerprint density at radius 1 is 0.850 bits per heavy atom. The Morgan fingerprint density at radius 2 is 1.60 bits per heavy atom. The van der Waals surface area contributed by atoms with Gasteiger partial charge in [0.25, 0.3) is 5.95 Å². The van der Waals surface area contributed by atoms with E-state index in [1.165, 1.54) is 0 Å². The minimum Gasteiger partial charge on any atom is -0.497 e. The Labute approximate surface area is 117 Å². The van der Waals surface area contributed by atoms with Gasteiger partial charge >= 0.3 is 0 Å². The molecule has 20 heavy (non-hydrogen) atoms. The van der Waals surface area contributed by atoms with Gasteiger partial charge in [0.1, 0.15) is 11.5 Å². The molecule has 3 rings (SSSR count). The molecular weight excluding hydrogens is 252 g/mol. The average Bonchev–Trinajstić information content (AvgIpc) is 2.87. The van der Waals surface area contributed by atoms with Gasteiger partial charge in [-0.15, -0.1) is 0 Å². The van der Waals surface area contributed by atoms with E-state index in [1.54, 1.807) is 14.2 Å². The van der Waals surface area contributed by atoms with Crippen LogP contribution in [0, 0.1) is 6.92 Å². The van der Waals surface area contributed by atoms with Crippen molar-refractivity contribution in [1.82, 2.24) is 0 Å². The number of hydrogen-bond acceptors (Lipinski definition) is 3. The minimum absolute atomic E-state index is 0.565. The van der Waals surface area contributed by atoms with Crippen LogP contribution in [0.5, 0.6) is 11.7 Å². The molecule has 2 aromatic carbocycles. The van der Waals surface area contributed by atoms with Crippen molar-refractivity contribution in [2.75, 3.05) is 14.2 Å². The molecule has 0 amide bonds. The van der Waals surface area contributed by atoms with Crippen LogP contribution in [-0.4, -0.2) is 14.2 Å². The number of methoxy groups -OCH3 is 2. The summed E-state index contributed by atoms with van der Waals surface area (Å²) in [5.41, 5.74) is 2.03. The zero-order valence-electron chi connectivity index (χ0n) is 11.8. The van der Waals surface area contributed by atoms with Gasteiger partial charge in [0.05, 0.1) is 14.2 Å². The predicted molar refractivity (Wildman–Crippen MR) is 79.5 cm³/mol. The monoisotopic (exact) mass is 268 g/mol. The standard InChI is InChI=1S/C17H16O3/c1-11-8-16(20-17(11)19-3)14-5-4-13-10-15(18-2)7-6-12(13)9-14/h4-10H,1-3H3. The van der Waals surface area contributed by atoms with Crippen molar-refractivity contribution in [3.05, 3.63) is 48.0 Å². The third-order valence-electron chi connectivity index (χ3n) is 3.39. The highest BCUT2D eigenvalue weighted by Crippen LogP contribution is 2.32. The molecular formula is C17H16O3. The first-order chi connectivity index (χ1) is 9.71. The summed E-state index contributed by atoms with van der Waals surface area (Å²) in [6.45, 7) is 1.97. The first-order valence-corrected chi connectivity index (χ1v) is 6.44. The maximum absolute atomic E-state index is 5.70. The molecule has 3 heteroatoms. The van der Waals surface area contributed by atoms with Crippen molar-refractivity contribution in [3.63, 3.8) is 0 Å². The Hall–Kier alpha value is -2.42. The topological polar surface area (TPSA) is 31.6 Å². The van der Waals surface area contributed by atoms with Gasteiger partial charge in [-0.25, -0.2) is 0 Å². The fraction of sp³-hybridized carbons (Fsp3) is 0.176. The van der Waals surface area contributed by atoms with Crippen LogP contribution >= 0.6 is 0 Å². The van der Waals surface area contributed by atoms with E-state index in [1.807, 2.05) is 37.3 Å². The lowest BCUT2D eigenvalue weighted by atomic mass is 10.1. The number of hydrogen-bond donors (Lipinski definition) is 0. The molecule has 1 heterocycles. The normalized spacial score (nSPS) is 10.8. The molecule has 0 aliphatic rings. The third kappa shape index (κ3) is 2.11. The molecule has 0 unspecified atom stereocenters. The molecule has 0 bridgehead atoms. The van der Waals surface area contributed by atoms with Gasteiger partial charge in [0.15, 0.2) is 0 Å². The fourth-order valence-electron chi connectivity index (χ4n) is 2.31. The highest BCUT2D eigenvalue weighted by Gasteiger charge is 2.10. The maximum atomic E-state index is 5.70. The van der Waals surface area contributed by atoms with Crippen LogP contribution in [0.1, 0.15) is 5.56 Å². The van der Waals surface area contributed by atoms with Crippen molar-refractivity contribution in [2.24, 2.45) is 0 Å². The number of aryl methyl sites for hydroxylation is 1. The fourth-order valence-corrected chi connectivity index (χ4v) is 2.31. The summed E-state index contributed by atoms with van der Waals surface area (Å²) in [5.74, 6) is 2.24. The third-order valence-corrected chi connectivity index (χ3v) is 3.39. The van der Waals surface area contributed by atoms with Crippen molar-refractivity contribution >= 4 is 10.8 Å². The second-order valence-corrected chi connectivity index (χ2v) is 4.71. The molecule has 0 aliphatic carbocycles. The van der Waals surface area contributed by atoms with Gasteiger partial charge < -0.3 is 13.9 Å². The molecule has 0 radical (unpaired) electrons. The largest absolute Gasteiger partial charge is 0.497 e. The number of benzene rings is 2. The lowest BCUT2D eigenvalue weighted by Gasteiger charge is -2.04. The van der Waals surface area contributed by atoms with Crippen molar-refractivity contribution in [3.8, 4) is 23.0 Å². The molecule has 1 aromatic heterocycles. The molecule has 0 saturated carbocycles. The molecule has 3 nitrogen and oxygen atoms in total. The highest BCUT2D eigenvalue weighted by atomic mass is 16.6. The maximum Gasteiger partial charge on any atom is 0.287 e. The number of rotatable bonds is 3. The average molecular weight is 268 g/mol. The second kappa shape index (κ2) is 4.93. The summed E-state index contributed by atoms with van der Waals surface area (Å²) in [6, 6.07) is 14.2. The van der Waals surface area contributed by atoms with E-state index in [2.05, 4.69) is 12.1 Å². The Bertz CT molecular complexity index is 756. The van der Waals surface area contributed by atoms with Crippen LogP contribution in [0.15, 0.2) is 46.9 Å². The van der Waals surface area contributed by atoms with E-state index in [9.17, 15) is 0 Å². The number of ether oxygens (including phenoxy) is 2. The molecule has 0 N–H and O–H groups in total. The molecule has 102 valence electrons. The van der Waals surface area contributed by atoms with Crippen LogP contribution in [0.3, 0.4) is 0 Å². The molecule has 0 aliphatic heterocycles. The zero-order chi connectivity index (χ0) is 14.1. The number of fused-ring (bicyclic) bond motifs is 1. The van der Waals surface area contributed by atoms with Gasteiger partial charge in [-0.2, -0.15) is 0 Å². The molecule has 0 spiro atoms. The van der Waals surface area contributed by atoms with Crippen LogP contribution < -0.4 is 9.47 Å². The van der Waals surface area contributed by atoms with Gasteiger partial charge in [0, 0.05) is 11.1 Å². The van der Waals surface area contributed by atoms with Gasteiger partial charge in [0.2, 0.25) is 0 Å². The van der Waals surface area contributed by atoms with E-state index in [0.717, 1.165) is 33.4 Å². The second-order valence-electron chi connectivity index (χ2n) is 4.71. The SMILES string of the molecule is COc1ccc2cc(-c3cc(C)c(OC)o3)ccc2c1. The Kier molecular flexibility index (Phi) is 3.11. The smallest absolute Gasteiger partial charge is 0.287 e. The van der Waals surface area contributed by atoms with Crippen LogP contribution in [0.2, 0.25) is 0 Å². The van der Waals surface area contributed by atoms with Crippen molar-refractivity contribution in [2.45, 2.75) is 6.92 Å². The predicted octanol–water partition coefficient (Wildman–Crippen LogP) is 4.43. The van der Waals surface area contributed by atoms with Crippen LogP contribution in [0.25, 0.3) is 22.1 Å². The highest BCUT2D eigenvalue weighted by molar-refractivity contribution is 5.87. The van der Waals surface area contributed by atoms with Crippen LogP contribution in [-0.2, 0) is 0 Å². The number of furan rings is 1. The van der Waals surface area contributed by atoms with Gasteiger partial charge in [-0.1, -0.05) is 18.2 Å². The summed E-state index contributed by atoms with van der Waals surface area (Å²) < 4.78 is 16.1. The van der Waals surface area contributed by atoms with Gasteiger partial charge in [-0.05, 0) is 42.0 Å². The van der Waals surface area contributed by atoms with E-state index in [-0.39, 0.29) is 0 Å². The molecule has 0 atom stereocenters. The lowest BCUT2D eigenvalue weighted by Crippen LogP contribution is -1.83. The minimum atomic E-state index is 0.565. The van der Waals surface area contributed by atoms with Crippen molar-refractivity contribution < 1.29 is 13.9 Å². The van der Waals surface area contributed by atoms with E-state index in [0.29, 0.717) is 5.95 Å². The molecule has 0 fully saturated rings. The lowest BCUT2D eigenvalue weighted by molar-refractivity contribution is 0.306.